The minimum Gasteiger partial charge on any atom is -0.482 e. The van der Waals surface area contributed by atoms with E-state index in [-0.39, 0.29) is 23.1 Å². The second kappa shape index (κ2) is 11.2. The summed E-state index contributed by atoms with van der Waals surface area (Å²) >= 11 is 17.9. The quantitative estimate of drug-likeness (QED) is 0.128. The lowest BCUT2D eigenvalue weighted by Gasteiger charge is -2.11. The molecule has 35 heavy (non-hydrogen) atoms. The van der Waals surface area contributed by atoms with Gasteiger partial charge in [0.25, 0.3) is 5.91 Å². The monoisotopic (exact) mass is 526 g/mol. The first kappa shape index (κ1) is 24.5. The van der Waals surface area contributed by atoms with Crippen molar-refractivity contribution < 1.29 is 19.1 Å². The molecule has 0 saturated carbocycles. The molecule has 0 atom stereocenters. The third-order valence-electron chi connectivity index (χ3n) is 4.87. The second-order valence-corrected chi connectivity index (χ2v) is 8.45. The van der Waals surface area contributed by atoms with Crippen LogP contribution in [0.1, 0.15) is 15.9 Å². The SMILES string of the molecule is O=C(COc1cccc(Cl)c1Cl)N/N=C/c1c(OC(=O)c2ccc(Cl)cc2)ccc2ccccc12. The first-order valence-corrected chi connectivity index (χ1v) is 11.4. The van der Waals surface area contributed by atoms with E-state index < -0.39 is 11.9 Å². The number of hydrogen-bond acceptors (Lipinski definition) is 5. The number of carbonyl (C=O) groups excluding carboxylic acids is 2. The van der Waals surface area contributed by atoms with Crippen molar-refractivity contribution in [3.8, 4) is 11.5 Å². The molecule has 4 rings (SSSR count). The molecular weight excluding hydrogens is 511 g/mol. The molecule has 0 spiro atoms. The number of hydrazone groups is 1. The van der Waals surface area contributed by atoms with Crippen LogP contribution in [0.4, 0.5) is 0 Å². The highest BCUT2D eigenvalue weighted by Crippen LogP contribution is 2.31. The van der Waals surface area contributed by atoms with Crippen molar-refractivity contribution in [1.29, 1.82) is 0 Å². The molecule has 0 heterocycles. The minimum atomic E-state index is -0.553. The van der Waals surface area contributed by atoms with E-state index in [4.69, 9.17) is 44.3 Å². The summed E-state index contributed by atoms with van der Waals surface area (Å²) in [5, 5.41) is 6.76. The third kappa shape index (κ3) is 6.11. The molecule has 0 aliphatic heterocycles. The van der Waals surface area contributed by atoms with Gasteiger partial charge in [0.05, 0.1) is 16.8 Å². The summed E-state index contributed by atoms with van der Waals surface area (Å²) < 4.78 is 11.0. The number of rotatable bonds is 7. The Morgan fingerprint density at radius 3 is 2.43 bits per heavy atom. The van der Waals surface area contributed by atoms with Gasteiger partial charge in [0, 0.05) is 10.6 Å². The molecule has 0 unspecified atom stereocenters. The van der Waals surface area contributed by atoms with Gasteiger partial charge in [-0.15, -0.1) is 0 Å². The van der Waals surface area contributed by atoms with Crippen LogP contribution in [0.5, 0.6) is 11.5 Å². The van der Waals surface area contributed by atoms with Crippen molar-refractivity contribution in [1.82, 2.24) is 5.43 Å². The topological polar surface area (TPSA) is 77.0 Å². The lowest BCUT2D eigenvalue weighted by atomic mass is 10.0. The largest absolute Gasteiger partial charge is 0.482 e. The number of nitrogens with one attached hydrogen (secondary N) is 1. The first-order valence-electron chi connectivity index (χ1n) is 10.3. The summed E-state index contributed by atoms with van der Waals surface area (Å²) in [5.41, 5.74) is 3.25. The Morgan fingerprint density at radius 1 is 0.857 bits per heavy atom. The zero-order valence-corrected chi connectivity index (χ0v) is 20.3. The van der Waals surface area contributed by atoms with Gasteiger partial charge in [-0.2, -0.15) is 5.10 Å². The van der Waals surface area contributed by atoms with Gasteiger partial charge in [-0.25, -0.2) is 10.2 Å². The molecule has 0 bridgehead atoms. The lowest BCUT2D eigenvalue weighted by Crippen LogP contribution is -2.24. The van der Waals surface area contributed by atoms with Crippen LogP contribution in [0.25, 0.3) is 10.8 Å². The third-order valence-corrected chi connectivity index (χ3v) is 5.92. The van der Waals surface area contributed by atoms with Gasteiger partial charge in [-0.1, -0.05) is 71.2 Å². The standard InChI is InChI=1S/C26H17Cl3N2O4/c27-18-11-8-17(9-12-18)26(33)35-22-13-10-16-4-1-2-5-19(16)20(22)14-30-31-24(32)15-34-23-7-3-6-21(28)25(23)29/h1-14H,15H2,(H,31,32)/b30-14+. The van der Waals surface area contributed by atoms with E-state index in [2.05, 4.69) is 10.5 Å². The summed E-state index contributed by atoms with van der Waals surface area (Å²) in [7, 11) is 0. The number of ether oxygens (including phenoxy) is 2. The molecular formula is C26H17Cl3N2O4. The molecule has 1 amide bonds. The lowest BCUT2D eigenvalue weighted by molar-refractivity contribution is -0.123. The number of fused-ring (bicyclic) bond motifs is 1. The van der Waals surface area contributed by atoms with E-state index >= 15 is 0 Å². The Labute approximate surface area is 216 Å². The van der Waals surface area contributed by atoms with Crippen LogP contribution in [0.15, 0.2) is 84.0 Å². The number of halogens is 3. The van der Waals surface area contributed by atoms with Crippen LogP contribution in [0.3, 0.4) is 0 Å². The highest BCUT2D eigenvalue weighted by Gasteiger charge is 2.14. The molecule has 0 aromatic heterocycles. The maximum absolute atomic E-state index is 12.7. The average Bonchev–Trinajstić information content (AvgIpc) is 2.86. The predicted molar refractivity (Wildman–Crippen MR) is 138 cm³/mol. The minimum absolute atomic E-state index is 0.216. The van der Waals surface area contributed by atoms with Gasteiger partial charge in [0.2, 0.25) is 0 Å². The van der Waals surface area contributed by atoms with E-state index in [1.165, 1.54) is 6.21 Å². The van der Waals surface area contributed by atoms with Crippen LogP contribution < -0.4 is 14.9 Å². The highest BCUT2D eigenvalue weighted by molar-refractivity contribution is 6.42. The number of carbonyl (C=O) groups is 2. The molecule has 0 radical (unpaired) electrons. The van der Waals surface area contributed by atoms with Gasteiger partial charge in [-0.05, 0) is 53.2 Å². The molecule has 4 aromatic carbocycles. The molecule has 0 aliphatic rings. The summed E-state index contributed by atoms with van der Waals surface area (Å²) in [4.78, 5) is 24.9. The van der Waals surface area contributed by atoms with Crippen molar-refractivity contribution >= 4 is 63.7 Å². The van der Waals surface area contributed by atoms with Crippen molar-refractivity contribution in [2.75, 3.05) is 6.61 Å². The van der Waals surface area contributed by atoms with E-state index in [9.17, 15) is 9.59 Å². The fourth-order valence-corrected chi connectivity index (χ4v) is 3.65. The zero-order chi connectivity index (χ0) is 24.8. The molecule has 0 aliphatic carbocycles. The van der Waals surface area contributed by atoms with E-state index in [0.717, 1.165) is 10.8 Å². The van der Waals surface area contributed by atoms with Crippen LogP contribution in [0, 0.1) is 0 Å². The van der Waals surface area contributed by atoms with Crippen molar-refractivity contribution in [3.63, 3.8) is 0 Å². The van der Waals surface area contributed by atoms with Crippen LogP contribution in [-0.2, 0) is 4.79 Å². The van der Waals surface area contributed by atoms with Crippen LogP contribution in [-0.4, -0.2) is 24.7 Å². The Bertz CT molecular complexity index is 1420. The van der Waals surface area contributed by atoms with Crippen molar-refractivity contribution in [3.05, 3.63) is 105 Å². The van der Waals surface area contributed by atoms with Gasteiger partial charge in [-0.3, -0.25) is 4.79 Å². The molecule has 6 nitrogen and oxygen atoms in total. The predicted octanol–water partition coefficient (Wildman–Crippen LogP) is 6.55. The van der Waals surface area contributed by atoms with Crippen molar-refractivity contribution in [2.45, 2.75) is 0 Å². The Hall–Kier alpha value is -3.58. The van der Waals surface area contributed by atoms with E-state index in [1.54, 1.807) is 48.5 Å². The highest BCUT2D eigenvalue weighted by atomic mass is 35.5. The smallest absolute Gasteiger partial charge is 0.343 e. The molecule has 1 N–H and O–H groups in total. The Morgan fingerprint density at radius 2 is 1.63 bits per heavy atom. The summed E-state index contributed by atoms with van der Waals surface area (Å²) in [5.74, 6) is -0.507. The summed E-state index contributed by atoms with van der Waals surface area (Å²) in [6.45, 7) is -0.328. The second-order valence-electron chi connectivity index (χ2n) is 7.23. The van der Waals surface area contributed by atoms with E-state index in [1.807, 2.05) is 30.3 Å². The number of benzene rings is 4. The molecule has 176 valence electrons. The van der Waals surface area contributed by atoms with E-state index in [0.29, 0.717) is 21.2 Å². The molecule has 0 saturated heterocycles. The Balaban J connectivity index is 1.50. The number of nitrogens with zero attached hydrogens (tertiary/aromatic N) is 1. The fourth-order valence-electron chi connectivity index (χ4n) is 3.18. The van der Waals surface area contributed by atoms with Gasteiger partial charge < -0.3 is 9.47 Å². The molecule has 0 fully saturated rings. The summed E-state index contributed by atoms with van der Waals surface area (Å²) in [6, 6.07) is 22.3. The van der Waals surface area contributed by atoms with Crippen LogP contribution >= 0.6 is 34.8 Å². The number of amides is 1. The maximum atomic E-state index is 12.7. The number of hydrogen-bond donors (Lipinski definition) is 1. The maximum Gasteiger partial charge on any atom is 0.343 e. The number of esters is 1. The summed E-state index contributed by atoms with van der Waals surface area (Å²) in [6.07, 6.45) is 1.41. The van der Waals surface area contributed by atoms with Crippen molar-refractivity contribution in [2.24, 2.45) is 5.10 Å². The average molecular weight is 528 g/mol. The van der Waals surface area contributed by atoms with Gasteiger partial charge in [0.15, 0.2) is 6.61 Å². The molecule has 4 aromatic rings. The normalized spacial score (nSPS) is 10.9. The first-order chi connectivity index (χ1) is 16.9. The molecule has 9 heteroatoms. The van der Waals surface area contributed by atoms with Crippen LogP contribution in [0.2, 0.25) is 15.1 Å². The zero-order valence-electron chi connectivity index (χ0n) is 18.0. The fraction of sp³-hybridized carbons (Fsp3) is 0.0385. The van der Waals surface area contributed by atoms with Gasteiger partial charge >= 0.3 is 5.97 Å². The Kier molecular flexibility index (Phi) is 7.87. The van der Waals surface area contributed by atoms with Gasteiger partial charge in [0.1, 0.15) is 16.5 Å².